The maximum absolute atomic E-state index is 2.49. The maximum Gasteiger partial charge on any atom is 0.0468 e. The van der Waals surface area contributed by atoms with Gasteiger partial charge in [0.2, 0.25) is 0 Å². The lowest BCUT2D eigenvalue weighted by Gasteiger charge is -2.30. The van der Waals surface area contributed by atoms with Crippen molar-refractivity contribution in [3.8, 4) is 66.8 Å². The molecule has 77 heavy (non-hydrogen) atoms. The summed E-state index contributed by atoms with van der Waals surface area (Å²) in [7, 11) is 0. The van der Waals surface area contributed by atoms with Gasteiger partial charge in [-0.3, -0.25) is 0 Å². The van der Waals surface area contributed by atoms with Gasteiger partial charge < -0.3 is 4.90 Å². The van der Waals surface area contributed by atoms with Gasteiger partial charge in [0.1, 0.15) is 0 Å². The molecule has 0 N–H and O–H groups in total. The standard InChI is InChI=1S/C76H55N/c1-75(2)71-29-17-15-27-63(71)65-37-35-57(44-73(65)75)77(58-36-38-66-64-28-16-18-30-72(64)76(3,4)74(66)45-58)56-34-33-50-39-52(32-31-51(50)43-56)67-46-69-62-26-14-12-24-60(62)68(47-70(69)61-25-13-11-23-59(61)67)55-41-53(48-19-7-5-8-20-48)40-54(42-55)49-21-9-6-10-22-49/h5-47H,1-4H3. The highest BCUT2D eigenvalue weighted by Gasteiger charge is 2.38. The number of hydrogen-bond acceptors (Lipinski definition) is 1. The summed E-state index contributed by atoms with van der Waals surface area (Å²) < 4.78 is 0. The molecule has 2 aliphatic rings. The number of nitrogens with zero attached hydrogens (tertiary/aromatic N) is 1. The van der Waals surface area contributed by atoms with E-state index in [0.717, 1.165) is 17.1 Å². The largest absolute Gasteiger partial charge is 0.310 e. The summed E-state index contributed by atoms with van der Waals surface area (Å²) in [6, 6.07) is 97.9. The summed E-state index contributed by atoms with van der Waals surface area (Å²) in [6.45, 7) is 9.50. The molecule has 1 nitrogen and oxygen atoms in total. The average Bonchev–Trinajstić information content (AvgIpc) is 4.01. The summed E-state index contributed by atoms with van der Waals surface area (Å²) in [5, 5.41) is 9.92. The van der Waals surface area contributed by atoms with Gasteiger partial charge >= 0.3 is 0 Å². The molecular weight excluding hydrogens is 927 g/mol. The Morgan fingerprint density at radius 3 is 1.14 bits per heavy atom. The Hall–Kier alpha value is -9.30. The maximum atomic E-state index is 2.49. The van der Waals surface area contributed by atoms with E-state index >= 15 is 0 Å². The molecule has 0 saturated carbocycles. The third kappa shape index (κ3) is 7.07. The summed E-state index contributed by atoms with van der Waals surface area (Å²) in [5.41, 5.74) is 23.7. The van der Waals surface area contributed by atoms with Crippen LogP contribution in [0.3, 0.4) is 0 Å². The third-order valence-electron chi connectivity index (χ3n) is 17.4. The summed E-state index contributed by atoms with van der Waals surface area (Å²) >= 11 is 0. The predicted molar refractivity (Wildman–Crippen MR) is 328 cm³/mol. The van der Waals surface area contributed by atoms with Gasteiger partial charge in [-0.25, -0.2) is 0 Å². The van der Waals surface area contributed by atoms with Crippen LogP contribution in [0, 0.1) is 0 Å². The lowest BCUT2D eigenvalue weighted by atomic mass is 9.82. The molecule has 15 rings (SSSR count). The molecule has 0 fully saturated rings. The highest BCUT2D eigenvalue weighted by molar-refractivity contribution is 6.24. The molecule has 0 aromatic heterocycles. The third-order valence-corrected chi connectivity index (χ3v) is 17.4. The molecule has 0 radical (unpaired) electrons. The molecule has 0 heterocycles. The highest BCUT2D eigenvalue weighted by atomic mass is 15.1. The molecule has 0 bridgehead atoms. The van der Waals surface area contributed by atoms with Crippen LogP contribution in [0.2, 0.25) is 0 Å². The van der Waals surface area contributed by atoms with Crippen molar-refractivity contribution in [2.45, 2.75) is 38.5 Å². The minimum atomic E-state index is -0.127. The quantitative estimate of drug-likeness (QED) is 0.144. The van der Waals surface area contributed by atoms with Gasteiger partial charge in [0.25, 0.3) is 0 Å². The smallest absolute Gasteiger partial charge is 0.0468 e. The number of rotatable bonds is 7. The average molecular weight is 982 g/mol. The van der Waals surface area contributed by atoms with Crippen molar-refractivity contribution in [3.63, 3.8) is 0 Å². The van der Waals surface area contributed by atoms with Gasteiger partial charge in [0.05, 0.1) is 0 Å². The molecule has 0 aliphatic heterocycles. The van der Waals surface area contributed by atoms with Crippen molar-refractivity contribution in [1.29, 1.82) is 0 Å². The van der Waals surface area contributed by atoms with E-state index in [2.05, 4.69) is 293 Å². The van der Waals surface area contributed by atoms with E-state index in [1.165, 1.54) is 132 Å². The SMILES string of the molecule is CC1(C)c2ccccc2-c2ccc(N(c3ccc4c(c3)C(C)(C)c3ccccc3-4)c3ccc4cc(-c5cc6c7ccccc7c(-c7cc(-c8ccccc8)cc(-c8ccccc8)c7)cc6c6ccccc56)ccc4c3)cc21. The minimum absolute atomic E-state index is 0.127. The van der Waals surface area contributed by atoms with Crippen LogP contribution in [-0.4, -0.2) is 0 Å². The Balaban J connectivity index is 0.870. The molecule has 0 unspecified atom stereocenters. The van der Waals surface area contributed by atoms with Gasteiger partial charge in [-0.2, -0.15) is 0 Å². The number of benzene rings is 13. The van der Waals surface area contributed by atoms with E-state index in [-0.39, 0.29) is 10.8 Å². The second-order valence-electron chi connectivity index (χ2n) is 22.4. The number of hydrogen-bond donors (Lipinski definition) is 0. The van der Waals surface area contributed by atoms with Gasteiger partial charge in [0.15, 0.2) is 0 Å². The molecule has 13 aromatic carbocycles. The Bertz CT molecular complexity index is 4390. The molecular formula is C76H55N. The summed E-state index contributed by atoms with van der Waals surface area (Å²) in [6.07, 6.45) is 0. The second-order valence-corrected chi connectivity index (χ2v) is 22.4. The predicted octanol–water partition coefficient (Wildman–Crippen LogP) is 21.0. The van der Waals surface area contributed by atoms with Crippen LogP contribution in [0.25, 0.3) is 110 Å². The fourth-order valence-corrected chi connectivity index (χ4v) is 13.5. The van der Waals surface area contributed by atoms with Crippen LogP contribution in [0.4, 0.5) is 17.1 Å². The molecule has 13 aromatic rings. The second kappa shape index (κ2) is 17.1. The van der Waals surface area contributed by atoms with Crippen molar-refractivity contribution in [2.24, 2.45) is 0 Å². The van der Waals surface area contributed by atoms with E-state index in [9.17, 15) is 0 Å². The number of fused-ring (bicyclic) bond motifs is 12. The number of anilines is 3. The van der Waals surface area contributed by atoms with Crippen molar-refractivity contribution in [2.75, 3.05) is 4.90 Å². The lowest BCUT2D eigenvalue weighted by molar-refractivity contribution is 0.660. The lowest BCUT2D eigenvalue weighted by Crippen LogP contribution is -2.18. The Morgan fingerprint density at radius 2 is 0.610 bits per heavy atom. The molecule has 0 atom stereocenters. The normalized spacial score (nSPS) is 13.7. The van der Waals surface area contributed by atoms with Gasteiger partial charge in [0, 0.05) is 27.9 Å². The van der Waals surface area contributed by atoms with Crippen LogP contribution < -0.4 is 4.90 Å². The van der Waals surface area contributed by atoms with Crippen molar-refractivity contribution in [3.05, 3.63) is 283 Å². The van der Waals surface area contributed by atoms with E-state index in [4.69, 9.17) is 0 Å². The Labute approximate surface area is 451 Å². The van der Waals surface area contributed by atoms with E-state index in [1.807, 2.05) is 0 Å². The Kier molecular flexibility index (Phi) is 10.0. The summed E-state index contributed by atoms with van der Waals surface area (Å²) in [4.78, 5) is 2.49. The zero-order valence-electron chi connectivity index (χ0n) is 43.8. The zero-order chi connectivity index (χ0) is 51.6. The van der Waals surface area contributed by atoms with Crippen LogP contribution in [0.15, 0.2) is 261 Å². The van der Waals surface area contributed by atoms with E-state index < -0.39 is 0 Å². The fraction of sp³-hybridized carbons (Fsp3) is 0.0789. The topological polar surface area (TPSA) is 3.24 Å². The van der Waals surface area contributed by atoms with Crippen LogP contribution in [0.1, 0.15) is 49.9 Å². The van der Waals surface area contributed by atoms with Crippen LogP contribution in [0.5, 0.6) is 0 Å². The van der Waals surface area contributed by atoms with Crippen molar-refractivity contribution >= 4 is 60.2 Å². The van der Waals surface area contributed by atoms with Crippen LogP contribution in [-0.2, 0) is 10.8 Å². The first-order valence-electron chi connectivity index (χ1n) is 27.1. The van der Waals surface area contributed by atoms with E-state index in [0.29, 0.717) is 0 Å². The fourth-order valence-electron chi connectivity index (χ4n) is 13.5. The molecule has 0 amide bonds. The minimum Gasteiger partial charge on any atom is -0.310 e. The molecule has 2 aliphatic carbocycles. The van der Waals surface area contributed by atoms with Crippen LogP contribution >= 0.6 is 0 Å². The first-order chi connectivity index (χ1) is 37.7. The molecule has 0 saturated heterocycles. The Morgan fingerprint density at radius 1 is 0.221 bits per heavy atom. The van der Waals surface area contributed by atoms with Gasteiger partial charge in [-0.1, -0.05) is 216 Å². The highest BCUT2D eigenvalue weighted by Crippen LogP contribution is 2.54. The zero-order valence-corrected chi connectivity index (χ0v) is 43.8. The summed E-state index contributed by atoms with van der Waals surface area (Å²) in [5.74, 6) is 0. The van der Waals surface area contributed by atoms with E-state index in [1.54, 1.807) is 0 Å². The van der Waals surface area contributed by atoms with Crippen molar-refractivity contribution < 1.29 is 0 Å². The monoisotopic (exact) mass is 981 g/mol. The first-order valence-corrected chi connectivity index (χ1v) is 27.1. The molecule has 0 spiro atoms. The van der Waals surface area contributed by atoms with Crippen molar-refractivity contribution in [1.82, 2.24) is 0 Å². The first kappa shape index (κ1) is 45.1. The van der Waals surface area contributed by atoms with Gasteiger partial charge in [-0.15, -0.1) is 0 Å². The van der Waals surface area contributed by atoms with Gasteiger partial charge in [-0.05, 0) is 205 Å². The molecule has 364 valence electrons. The molecule has 1 heteroatoms.